The standard InChI is InChI=1S/C14H18ClN3S2/c1-2-10-4-3-5-18(10)7-12-13(17-14(16)20-12)11-6-9(15)8-19-11/h6,8,10H,2-5,7H2,1H3,(H2,16,17). The van der Waals surface area contributed by atoms with E-state index in [-0.39, 0.29) is 0 Å². The molecule has 0 radical (unpaired) electrons. The van der Waals surface area contributed by atoms with Gasteiger partial charge in [0.1, 0.15) is 0 Å². The number of hydrogen-bond donors (Lipinski definition) is 1. The zero-order valence-electron chi connectivity index (χ0n) is 11.4. The van der Waals surface area contributed by atoms with Gasteiger partial charge in [0.25, 0.3) is 0 Å². The summed E-state index contributed by atoms with van der Waals surface area (Å²) in [5, 5.41) is 3.36. The van der Waals surface area contributed by atoms with E-state index in [1.165, 1.54) is 30.7 Å². The number of nitrogen functional groups attached to an aromatic ring is 1. The number of rotatable bonds is 4. The molecule has 1 saturated heterocycles. The van der Waals surface area contributed by atoms with Crippen LogP contribution in [0.4, 0.5) is 5.13 Å². The molecule has 1 aliphatic heterocycles. The Bertz CT molecular complexity index is 593. The molecule has 2 N–H and O–H groups in total. The maximum Gasteiger partial charge on any atom is 0.180 e. The molecule has 1 atom stereocenters. The summed E-state index contributed by atoms with van der Waals surface area (Å²) in [6, 6.07) is 2.68. The van der Waals surface area contributed by atoms with Gasteiger partial charge in [-0.25, -0.2) is 4.98 Å². The first-order valence-corrected chi connectivity index (χ1v) is 8.98. The molecule has 0 saturated carbocycles. The Balaban J connectivity index is 1.86. The number of thiophene rings is 1. The van der Waals surface area contributed by atoms with Gasteiger partial charge in [0, 0.05) is 22.8 Å². The number of hydrogen-bond acceptors (Lipinski definition) is 5. The fraction of sp³-hybridized carbons (Fsp3) is 0.500. The molecule has 0 aliphatic carbocycles. The first-order chi connectivity index (χ1) is 9.67. The minimum absolute atomic E-state index is 0.645. The van der Waals surface area contributed by atoms with Gasteiger partial charge in [-0.1, -0.05) is 18.5 Å². The summed E-state index contributed by atoms with van der Waals surface area (Å²) < 4.78 is 0. The lowest BCUT2D eigenvalue weighted by Crippen LogP contribution is -2.27. The van der Waals surface area contributed by atoms with Crippen molar-refractivity contribution in [2.45, 2.75) is 38.8 Å². The lowest BCUT2D eigenvalue weighted by atomic mass is 10.1. The molecule has 0 aromatic carbocycles. The van der Waals surface area contributed by atoms with Crippen LogP contribution in [0.2, 0.25) is 5.02 Å². The summed E-state index contributed by atoms with van der Waals surface area (Å²) in [6.45, 7) is 4.41. The smallest absolute Gasteiger partial charge is 0.180 e. The van der Waals surface area contributed by atoms with Crippen molar-refractivity contribution in [1.29, 1.82) is 0 Å². The van der Waals surface area contributed by atoms with Crippen molar-refractivity contribution in [1.82, 2.24) is 9.88 Å². The normalized spacial score (nSPS) is 19.8. The number of nitrogens with zero attached hydrogens (tertiary/aromatic N) is 2. The summed E-state index contributed by atoms with van der Waals surface area (Å²) in [6.07, 6.45) is 3.83. The van der Waals surface area contributed by atoms with E-state index < -0.39 is 0 Å². The molecule has 1 aliphatic rings. The molecule has 0 spiro atoms. The highest BCUT2D eigenvalue weighted by atomic mass is 35.5. The largest absolute Gasteiger partial charge is 0.375 e. The topological polar surface area (TPSA) is 42.1 Å². The highest BCUT2D eigenvalue weighted by Gasteiger charge is 2.25. The quantitative estimate of drug-likeness (QED) is 0.900. The van der Waals surface area contributed by atoms with Crippen molar-refractivity contribution in [2.75, 3.05) is 12.3 Å². The van der Waals surface area contributed by atoms with Crippen LogP contribution in [0.25, 0.3) is 10.6 Å². The number of aromatic nitrogens is 1. The van der Waals surface area contributed by atoms with Crippen molar-refractivity contribution in [3.05, 3.63) is 21.3 Å². The first kappa shape index (κ1) is 14.3. The Kier molecular flexibility index (Phi) is 4.31. The van der Waals surface area contributed by atoms with Gasteiger partial charge < -0.3 is 5.73 Å². The molecule has 20 heavy (non-hydrogen) atoms. The molecule has 2 aromatic heterocycles. The van der Waals surface area contributed by atoms with Gasteiger partial charge in [-0.15, -0.1) is 22.7 Å². The third kappa shape index (κ3) is 2.86. The van der Waals surface area contributed by atoms with Crippen LogP contribution in [0, 0.1) is 0 Å². The van der Waals surface area contributed by atoms with E-state index in [1.54, 1.807) is 22.7 Å². The van der Waals surface area contributed by atoms with Gasteiger partial charge in [-0.3, -0.25) is 4.90 Å². The fourth-order valence-electron chi connectivity index (χ4n) is 2.86. The molecule has 3 heterocycles. The van der Waals surface area contributed by atoms with E-state index in [4.69, 9.17) is 17.3 Å². The summed E-state index contributed by atoms with van der Waals surface area (Å²) in [7, 11) is 0. The van der Waals surface area contributed by atoms with Crippen LogP contribution in [-0.4, -0.2) is 22.5 Å². The highest BCUT2D eigenvalue weighted by molar-refractivity contribution is 7.17. The van der Waals surface area contributed by atoms with Gasteiger partial charge in [0.05, 0.1) is 15.6 Å². The molecule has 108 valence electrons. The molecular formula is C14H18ClN3S2. The van der Waals surface area contributed by atoms with Crippen molar-refractivity contribution < 1.29 is 0 Å². The number of thiazole rings is 1. The monoisotopic (exact) mass is 327 g/mol. The molecule has 1 fully saturated rings. The molecule has 2 aromatic rings. The summed E-state index contributed by atoms with van der Waals surface area (Å²) >= 11 is 9.27. The Morgan fingerprint density at radius 2 is 2.40 bits per heavy atom. The average molecular weight is 328 g/mol. The lowest BCUT2D eigenvalue weighted by Gasteiger charge is -2.22. The summed E-state index contributed by atoms with van der Waals surface area (Å²) in [4.78, 5) is 9.45. The summed E-state index contributed by atoms with van der Waals surface area (Å²) in [5.41, 5.74) is 6.95. The van der Waals surface area contributed by atoms with Crippen LogP contribution < -0.4 is 5.73 Å². The number of anilines is 1. The van der Waals surface area contributed by atoms with Crippen LogP contribution in [0.3, 0.4) is 0 Å². The van der Waals surface area contributed by atoms with Crippen LogP contribution in [0.1, 0.15) is 31.1 Å². The van der Waals surface area contributed by atoms with E-state index in [1.807, 2.05) is 11.4 Å². The molecule has 1 unspecified atom stereocenters. The minimum atomic E-state index is 0.645. The lowest BCUT2D eigenvalue weighted by molar-refractivity contribution is 0.242. The van der Waals surface area contributed by atoms with Crippen LogP contribution >= 0.6 is 34.3 Å². The second-order valence-electron chi connectivity index (χ2n) is 5.13. The predicted molar refractivity (Wildman–Crippen MR) is 88.6 cm³/mol. The van der Waals surface area contributed by atoms with Gasteiger partial charge in [-0.05, 0) is 31.9 Å². The Labute approximate surface area is 132 Å². The minimum Gasteiger partial charge on any atom is -0.375 e. The van der Waals surface area contributed by atoms with Crippen LogP contribution in [0.15, 0.2) is 11.4 Å². The Morgan fingerprint density at radius 3 is 3.10 bits per heavy atom. The predicted octanol–water partition coefficient (Wildman–Crippen LogP) is 4.48. The molecule has 3 nitrogen and oxygen atoms in total. The Hall–Kier alpha value is -0.620. The third-order valence-corrected chi connectivity index (χ3v) is 5.99. The maximum atomic E-state index is 6.03. The third-order valence-electron chi connectivity index (χ3n) is 3.83. The zero-order chi connectivity index (χ0) is 14.1. The van der Waals surface area contributed by atoms with E-state index in [0.29, 0.717) is 11.2 Å². The second kappa shape index (κ2) is 6.02. The van der Waals surface area contributed by atoms with E-state index in [0.717, 1.165) is 22.1 Å². The molecule has 0 amide bonds. The van der Waals surface area contributed by atoms with Gasteiger partial charge in [0.15, 0.2) is 5.13 Å². The van der Waals surface area contributed by atoms with Crippen LogP contribution in [0.5, 0.6) is 0 Å². The van der Waals surface area contributed by atoms with Crippen molar-refractivity contribution >= 4 is 39.4 Å². The Morgan fingerprint density at radius 1 is 1.55 bits per heavy atom. The SMILES string of the molecule is CCC1CCCN1Cc1sc(N)nc1-c1cc(Cl)cs1. The van der Waals surface area contributed by atoms with E-state index >= 15 is 0 Å². The molecule has 0 bridgehead atoms. The van der Waals surface area contributed by atoms with E-state index in [9.17, 15) is 0 Å². The first-order valence-electron chi connectivity index (χ1n) is 6.91. The average Bonchev–Trinajstić information content (AvgIpc) is 3.10. The van der Waals surface area contributed by atoms with E-state index in [2.05, 4.69) is 16.8 Å². The number of nitrogens with two attached hydrogens (primary N) is 1. The maximum absolute atomic E-state index is 6.03. The summed E-state index contributed by atoms with van der Waals surface area (Å²) in [5.74, 6) is 0. The van der Waals surface area contributed by atoms with Gasteiger partial charge in [-0.2, -0.15) is 0 Å². The fourth-order valence-corrected chi connectivity index (χ4v) is 4.88. The molecule has 6 heteroatoms. The molecule has 3 rings (SSSR count). The second-order valence-corrected chi connectivity index (χ2v) is 7.59. The van der Waals surface area contributed by atoms with Crippen molar-refractivity contribution in [3.63, 3.8) is 0 Å². The van der Waals surface area contributed by atoms with Crippen molar-refractivity contribution in [3.8, 4) is 10.6 Å². The van der Waals surface area contributed by atoms with Crippen molar-refractivity contribution in [2.24, 2.45) is 0 Å². The van der Waals surface area contributed by atoms with Gasteiger partial charge in [0.2, 0.25) is 0 Å². The number of halogens is 1. The van der Waals surface area contributed by atoms with Gasteiger partial charge >= 0.3 is 0 Å². The number of likely N-dealkylation sites (tertiary alicyclic amines) is 1. The molecular weight excluding hydrogens is 310 g/mol. The highest BCUT2D eigenvalue weighted by Crippen LogP contribution is 2.36. The zero-order valence-corrected chi connectivity index (χ0v) is 13.8. The van der Waals surface area contributed by atoms with Crippen LogP contribution in [-0.2, 0) is 6.54 Å².